The Bertz CT molecular complexity index is 419. The lowest BCUT2D eigenvalue weighted by Gasteiger charge is -2.32. The van der Waals surface area contributed by atoms with Gasteiger partial charge in [-0.3, -0.25) is 10.1 Å². The molecule has 2 rings (SSSR count). The second-order valence-corrected chi connectivity index (χ2v) is 5.22. The molecule has 19 heavy (non-hydrogen) atoms. The molecule has 0 saturated carbocycles. The molecule has 0 bridgehead atoms. The third-order valence-electron chi connectivity index (χ3n) is 3.80. The van der Waals surface area contributed by atoms with Crippen LogP contribution in [0.15, 0.2) is 24.3 Å². The van der Waals surface area contributed by atoms with Crippen molar-refractivity contribution in [2.24, 2.45) is 11.7 Å². The smallest absolute Gasteiger partial charge is 0.269 e. The molecular formula is C14H21N3O2. The molecule has 1 fully saturated rings. The minimum Gasteiger partial charge on any atom is -0.330 e. The fraction of sp³-hybridized carbons (Fsp3) is 0.571. The first-order chi connectivity index (χ1) is 9.19. The summed E-state index contributed by atoms with van der Waals surface area (Å²) in [5.41, 5.74) is 7.04. The number of nitrogens with two attached hydrogens (primary N) is 1. The molecule has 104 valence electrons. The number of hydrogen-bond donors (Lipinski definition) is 1. The van der Waals surface area contributed by atoms with Crippen molar-refractivity contribution in [1.29, 1.82) is 0 Å². The molecule has 0 aromatic heterocycles. The molecule has 1 saturated heterocycles. The van der Waals surface area contributed by atoms with E-state index in [1.54, 1.807) is 12.1 Å². The minimum atomic E-state index is -0.361. The molecule has 0 amide bonds. The van der Waals surface area contributed by atoms with Gasteiger partial charge in [0.1, 0.15) is 0 Å². The summed E-state index contributed by atoms with van der Waals surface area (Å²) in [5.74, 6) is 0.630. The zero-order chi connectivity index (χ0) is 13.7. The summed E-state index contributed by atoms with van der Waals surface area (Å²) in [6, 6.07) is 6.85. The average Bonchev–Trinajstić information content (AvgIpc) is 2.46. The molecule has 1 unspecified atom stereocenters. The van der Waals surface area contributed by atoms with Gasteiger partial charge in [0.25, 0.3) is 5.69 Å². The molecule has 1 aliphatic heterocycles. The van der Waals surface area contributed by atoms with Crippen LogP contribution in [-0.4, -0.2) is 36.0 Å². The third-order valence-corrected chi connectivity index (χ3v) is 3.80. The lowest BCUT2D eigenvalue weighted by molar-refractivity contribution is -0.384. The molecule has 0 radical (unpaired) electrons. The molecule has 2 N–H and O–H groups in total. The van der Waals surface area contributed by atoms with Crippen molar-refractivity contribution in [2.75, 3.05) is 26.2 Å². The fourth-order valence-corrected chi connectivity index (χ4v) is 2.62. The minimum absolute atomic E-state index is 0.157. The van der Waals surface area contributed by atoms with Gasteiger partial charge in [-0.25, -0.2) is 0 Å². The van der Waals surface area contributed by atoms with Gasteiger partial charge in [-0.15, -0.1) is 0 Å². The maximum absolute atomic E-state index is 10.6. The van der Waals surface area contributed by atoms with E-state index in [1.807, 2.05) is 12.1 Å². The highest BCUT2D eigenvalue weighted by molar-refractivity contribution is 5.32. The van der Waals surface area contributed by atoms with Crippen LogP contribution in [0, 0.1) is 16.0 Å². The number of nitrogens with zero attached hydrogens (tertiary/aromatic N) is 2. The Morgan fingerprint density at radius 3 is 2.74 bits per heavy atom. The van der Waals surface area contributed by atoms with Crippen molar-refractivity contribution < 1.29 is 4.92 Å². The number of piperidine rings is 1. The van der Waals surface area contributed by atoms with Crippen LogP contribution in [0.25, 0.3) is 0 Å². The summed E-state index contributed by atoms with van der Waals surface area (Å²) in [7, 11) is 0. The highest BCUT2D eigenvalue weighted by Gasteiger charge is 2.18. The maximum Gasteiger partial charge on any atom is 0.269 e. The van der Waals surface area contributed by atoms with Crippen molar-refractivity contribution in [3.63, 3.8) is 0 Å². The largest absolute Gasteiger partial charge is 0.330 e. The summed E-state index contributed by atoms with van der Waals surface area (Å²) in [6.45, 7) is 4.01. The van der Waals surface area contributed by atoms with E-state index in [-0.39, 0.29) is 10.6 Å². The van der Waals surface area contributed by atoms with Crippen molar-refractivity contribution in [3.05, 3.63) is 39.9 Å². The Hall–Kier alpha value is -1.46. The molecule has 0 aliphatic carbocycles. The van der Waals surface area contributed by atoms with Crippen LogP contribution in [0.4, 0.5) is 5.69 Å². The molecule has 0 spiro atoms. The molecule has 1 aromatic rings. The number of nitro benzene ring substituents is 1. The molecule has 5 nitrogen and oxygen atoms in total. The van der Waals surface area contributed by atoms with Gasteiger partial charge < -0.3 is 10.6 Å². The number of rotatable bonds is 5. The lowest BCUT2D eigenvalue weighted by atomic mass is 9.98. The first-order valence-electron chi connectivity index (χ1n) is 6.85. The number of likely N-dealkylation sites (tertiary alicyclic amines) is 1. The Labute approximate surface area is 113 Å². The second kappa shape index (κ2) is 6.63. The van der Waals surface area contributed by atoms with Crippen LogP contribution in [0.3, 0.4) is 0 Å². The van der Waals surface area contributed by atoms with Gasteiger partial charge in [0.05, 0.1) is 4.92 Å². The Morgan fingerprint density at radius 2 is 2.11 bits per heavy atom. The van der Waals surface area contributed by atoms with Crippen molar-refractivity contribution in [1.82, 2.24) is 4.90 Å². The number of benzene rings is 1. The maximum atomic E-state index is 10.6. The first-order valence-corrected chi connectivity index (χ1v) is 6.85. The number of non-ortho nitro benzene ring substituents is 1. The van der Waals surface area contributed by atoms with E-state index in [1.165, 1.54) is 12.8 Å². The highest BCUT2D eigenvalue weighted by atomic mass is 16.6. The Morgan fingerprint density at radius 1 is 1.37 bits per heavy atom. The fourth-order valence-electron chi connectivity index (χ4n) is 2.62. The van der Waals surface area contributed by atoms with E-state index in [4.69, 9.17) is 5.73 Å². The Balaban J connectivity index is 1.83. The van der Waals surface area contributed by atoms with Crippen LogP contribution < -0.4 is 5.73 Å². The first kappa shape index (κ1) is 14.0. The molecule has 1 atom stereocenters. The van der Waals surface area contributed by atoms with Gasteiger partial charge in [-0.1, -0.05) is 12.1 Å². The van der Waals surface area contributed by atoms with Crippen molar-refractivity contribution >= 4 is 5.69 Å². The summed E-state index contributed by atoms with van der Waals surface area (Å²) >= 11 is 0. The van der Waals surface area contributed by atoms with Gasteiger partial charge >= 0.3 is 0 Å². The molecule has 1 aromatic carbocycles. The van der Waals surface area contributed by atoms with Gasteiger partial charge in [-0.05, 0) is 43.8 Å². The van der Waals surface area contributed by atoms with Gasteiger partial charge in [-0.2, -0.15) is 0 Å². The normalized spacial score (nSPS) is 20.4. The molecule has 5 heteroatoms. The van der Waals surface area contributed by atoms with Crippen LogP contribution in [0.1, 0.15) is 18.4 Å². The SMILES string of the molecule is NCC1CCCN(CCc2ccc([N+](=O)[O-])cc2)C1. The third kappa shape index (κ3) is 4.01. The van der Waals surface area contributed by atoms with Gasteiger partial charge in [0.15, 0.2) is 0 Å². The number of hydrogen-bond acceptors (Lipinski definition) is 4. The lowest BCUT2D eigenvalue weighted by Crippen LogP contribution is -2.39. The van der Waals surface area contributed by atoms with E-state index in [9.17, 15) is 10.1 Å². The van der Waals surface area contributed by atoms with E-state index in [2.05, 4.69) is 4.90 Å². The van der Waals surface area contributed by atoms with Crippen molar-refractivity contribution in [2.45, 2.75) is 19.3 Å². The van der Waals surface area contributed by atoms with Gasteiger partial charge in [0.2, 0.25) is 0 Å². The highest BCUT2D eigenvalue weighted by Crippen LogP contribution is 2.16. The zero-order valence-corrected chi connectivity index (χ0v) is 11.1. The summed E-state index contributed by atoms with van der Waals surface area (Å²) in [6.07, 6.45) is 3.40. The van der Waals surface area contributed by atoms with E-state index in [0.717, 1.165) is 38.2 Å². The summed E-state index contributed by atoms with van der Waals surface area (Å²) < 4.78 is 0. The van der Waals surface area contributed by atoms with Crippen LogP contribution >= 0.6 is 0 Å². The van der Waals surface area contributed by atoms with Gasteiger partial charge in [0, 0.05) is 25.2 Å². The monoisotopic (exact) mass is 263 g/mol. The molecule has 1 heterocycles. The van der Waals surface area contributed by atoms with Crippen LogP contribution in [-0.2, 0) is 6.42 Å². The topological polar surface area (TPSA) is 72.4 Å². The summed E-state index contributed by atoms with van der Waals surface area (Å²) in [4.78, 5) is 12.7. The molecular weight excluding hydrogens is 242 g/mol. The van der Waals surface area contributed by atoms with E-state index < -0.39 is 0 Å². The van der Waals surface area contributed by atoms with E-state index in [0.29, 0.717) is 5.92 Å². The quantitative estimate of drug-likeness (QED) is 0.649. The second-order valence-electron chi connectivity index (χ2n) is 5.22. The van der Waals surface area contributed by atoms with Crippen LogP contribution in [0.2, 0.25) is 0 Å². The predicted molar refractivity (Wildman–Crippen MR) is 75.0 cm³/mol. The zero-order valence-electron chi connectivity index (χ0n) is 11.1. The van der Waals surface area contributed by atoms with Crippen molar-refractivity contribution in [3.8, 4) is 0 Å². The Kier molecular flexibility index (Phi) is 4.87. The average molecular weight is 263 g/mol. The van der Waals surface area contributed by atoms with E-state index >= 15 is 0 Å². The number of nitro groups is 1. The summed E-state index contributed by atoms with van der Waals surface area (Å²) in [5, 5.41) is 10.6. The predicted octanol–water partition coefficient (Wildman–Crippen LogP) is 1.81. The standard InChI is InChI=1S/C14H21N3O2/c15-10-13-2-1-8-16(11-13)9-7-12-3-5-14(6-4-12)17(18)19/h3-6,13H,1-2,7-11,15H2. The molecule has 1 aliphatic rings. The van der Waals surface area contributed by atoms with Crippen LogP contribution in [0.5, 0.6) is 0 Å².